The zero-order chi connectivity index (χ0) is 16.4. The van der Waals surface area contributed by atoms with E-state index < -0.39 is 6.10 Å². The molecular weight excluding hydrogens is 302 g/mol. The fourth-order valence-electron chi connectivity index (χ4n) is 4.41. The number of nitro groups is 1. The molecule has 4 heteroatoms. The van der Waals surface area contributed by atoms with Gasteiger partial charge in [0.05, 0.1) is 22.0 Å². The Hall–Kier alpha value is -2.72. The molecule has 4 aromatic carbocycles. The lowest BCUT2D eigenvalue weighted by Crippen LogP contribution is -2.13. The summed E-state index contributed by atoms with van der Waals surface area (Å²) < 4.78 is 0. The molecule has 1 atom stereocenters. The third kappa shape index (κ3) is 1.61. The van der Waals surface area contributed by atoms with Crippen LogP contribution in [0.15, 0.2) is 42.5 Å². The van der Waals surface area contributed by atoms with Crippen LogP contribution in [0.3, 0.4) is 0 Å². The lowest BCUT2D eigenvalue weighted by molar-refractivity contribution is -0.384. The number of fused-ring (bicyclic) bond motifs is 2. The second-order valence-corrected chi connectivity index (χ2v) is 6.59. The molecule has 1 N–H and O–H groups in total. The summed E-state index contributed by atoms with van der Waals surface area (Å²) in [5.74, 6) is 0. The van der Waals surface area contributed by atoms with Crippen molar-refractivity contribution in [1.29, 1.82) is 0 Å². The van der Waals surface area contributed by atoms with Gasteiger partial charge in [-0.2, -0.15) is 0 Å². The standard InChI is InChI=1S/C20H15NO3/c22-16-6-2-5-13-14-9-7-11-3-1-4-12-8-10-15(18(14)17(11)12)20(19(13)16)21(23)24/h1,3-4,7-10,16,22H,2,5-6H2/t16-/m1/s1. The molecule has 24 heavy (non-hydrogen) atoms. The summed E-state index contributed by atoms with van der Waals surface area (Å²) in [6.45, 7) is 0. The zero-order valence-corrected chi connectivity index (χ0v) is 13.0. The van der Waals surface area contributed by atoms with Crippen molar-refractivity contribution < 1.29 is 10.0 Å². The van der Waals surface area contributed by atoms with Crippen molar-refractivity contribution in [2.45, 2.75) is 25.4 Å². The molecule has 0 aromatic heterocycles. The number of aliphatic hydroxyl groups excluding tert-OH is 1. The molecule has 0 heterocycles. The van der Waals surface area contributed by atoms with Crippen LogP contribution in [0.2, 0.25) is 0 Å². The van der Waals surface area contributed by atoms with Gasteiger partial charge in [0.25, 0.3) is 5.69 Å². The van der Waals surface area contributed by atoms with E-state index in [9.17, 15) is 15.2 Å². The zero-order valence-electron chi connectivity index (χ0n) is 13.0. The van der Waals surface area contributed by atoms with Crippen LogP contribution in [0.1, 0.15) is 30.1 Å². The van der Waals surface area contributed by atoms with Crippen LogP contribution in [0.25, 0.3) is 32.3 Å². The van der Waals surface area contributed by atoms with Gasteiger partial charge < -0.3 is 5.11 Å². The Bertz CT molecular complexity index is 1120. The molecule has 0 fully saturated rings. The van der Waals surface area contributed by atoms with Crippen molar-refractivity contribution in [2.24, 2.45) is 0 Å². The second-order valence-electron chi connectivity index (χ2n) is 6.59. The first-order valence-electron chi connectivity index (χ1n) is 8.21. The normalized spacial score (nSPS) is 17.6. The summed E-state index contributed by atoms with van der Waals surface area (Å²) in [5, 5.41) is 28.2. The van der Waals surface area contributed by atoms with Gasteiger partial charge >= 0.3 is 0 Å². The number of hydrogen-bond donors (Lipinski definition) is 1. The van der Waals surface area contributed by atoms with Gasteiger partial charge in [0, 0.05) is 5.39 Å². The molecule has 0 aliphatic heterocycles. The van der Waals surface area contributed by atoms with Crippen LogP contribution in [-0.2, 0) is 6.42 Å². The average molecular weight is 317 g/mol. The molecule has 118 valence electrons. The van der Waals surface area contributed by atoms with Crippen molar-refractivity contribution in [3.8, 4) is 0 Å². The summed E-state index contributed by atoms with van der Waals surface area (Å²) in [6.07, 6.45) is 1.47. The predicted octanol–water partition coefficient (Wildman–Crippen LogP) is 4.86. The molecule has 0 amide bonds. The number of nitro benzene ring substituents is 1. The Kier molecular flexibility index (Phi) is 2.65. The summed E-state index contributed by atoms with van der Waals surface area (Å²) >= 11 is 0. The third-order valence-corrected chi connectivity index (χ3v) is 5.36. The molecular formula is C20H15NO3. The molecule has 0 saturated heterocycles. The SMILES string of the molecule is O=[N+]([O-])c1c2c(c3ccc4cccc5ccc1c3c45)CCC[C@H]2O. The largest absolute Gasteiger partial charge is 0.388 e. The number of hydrogen-bond acceptors (Lipinski definition) is 3. The van der Waals surface area contributed by atoms with Crippen LogP contribution in [0.5, 0.6) is 0 Å². The number of aryl methyl sites for hydroxylation is 1. The smallest absolute Gasteiger partial charge is 0.283 e. The van der Waals surface area contributed by atoms with Crippen LogP contribution in [0.4, 0.5) is 5.69 Å². The van der Waals surface area contributed by atoms with Crippen molar-refractivity contribution in [2.75, 3.05) is 0 Å². The maximum atomic E-state index is 11.9. The topological polar surface area (TPSA) is 63.4 Å². The highest BCUT2D eigenvalue weighted by molar-refractivity contribution is 6.25. The Balaban J connectivity index is 2.12. The second kappa shape index (κ2) is 4.65. The minimum Gasteiger partial charge on any atom is -0.388 e. The minimum absolute atomic E-state index is 0.0861. The quantitative estimate of drug-likeness (QED) is 0.310. The first-order chi connectivity index (χ1) is 11.7. The van der Waals surface area contributed by atoms with Crippen LogP contribution < -0.4 is 0 Å². The first kappa shape index (κ1) is 13.7. The van der Waals surface area contributed by atoms with Gasteiger partial charge in [0.15, 0.2) is 0 Å². The minimum atomic E-state index is -0.754. The van der Waals surface area contributed by atoms with E-state index in [0.29, 0.717) is 17.4 Å². The fourth-order valence-corrected chi connectivity index (χ4v) is 4.41. The predicted molar refractivity (Wildman–Crippen MR) is 94.7 cm³/mol. The van der Waals surface area contributed by atoms with Crippen molar-refractivity contribution >= 4 is 38.0 Å². The van der Waals surface area contributed by atoms with E-state index in [1.165, 1.54) is 0 Å². The van der Waals surface area contributed by atoms with Crippen molar-refractivity contribution in [3.63, 3.8) is 0 Å². The molecule has 0 spiro atoms. The number of rotatable bonds is 1. The van der Waals surface area contributed by atoms with Gasteiger partial charge in [-0.05, 0) is 52.4 Å². The summed E-state index contributed by atoms with van der Waals surface area (Å²) in [4.78, 5) is 11.5. The third-order valence-electron chi connectivity index (χ3n) is 5.36. The first-order valence-corrected chi connectivity index (χ1v) is 8.21. The van der Waals surface area contributed by atoms with Gasteiger partial charge in [-0.15, -0.1) is 0 Å². The summed E-state index contributed by atoms with van der Waals surface area (Å²) in [5.41, 5.74) is 1.56. The maximum Gasteiger partial charge on any atom is 0.283 e. The highest BCUT2D eigenvalue weighted by Crippen LogP contribution is 2.47. The molecule has 1 aliphatic carbocycles. The Morgan fingerprint density at radius 2 is 1.71 bits per heavy atom. The van der Waals surface area contributed by atoms with E-state index >= 15 is 0 Å². The van der Waals surface area contributed by atoms with E-state index in [0.717, 1.165) is 45.3 Å². The lowest BCUT2D eigenvalue weighted by atomic mass is 9.81. The molecule has 5 rings (SSSR count). The monoisotopic (exact) mass is 317 g/mol. The molecule has 0 radical (unpaired) electrons. The number of benzene rings is 4. The molecule has 4 nitrogen and oxygen atoms in total. The average Bonchev–Trinajstić information content (AvgIpc) is 2.59. The van der Waals surface area contributed by atoms with E-state index in [-0.39, 0.29) is 10.6 Å². The molecule has 0 unspecified atom stereocenters. The van der Waals surface area contributed by atoms with Gasteiger partial charge in [0.1, 0.15) is 0 Å². The molecule has 4 aromatic rings. The van der Waals surface area contributed by atoms with Gasteiger partial charge in [-0.1, -0.05) is 36.4 Å². The highest BCUT2D eigenvalue weighted by atomic mass is 16.6. The molecule has 1 aliphatic rings. The maximum absolute atomic E-state index is 11.9. The number of aliphatic hydroxyl groups is 1. The van der Waals surface area contributed by atoms with Gasteiger partial charge in [-0.3, -0.25) is 10.1 Å². The lowest BCUT2D eigenvalue weighted by Gasteiger charge is -2.24. The van der Waals surface area contributed by atoms with Crippen LogP contribution in [0, 0.1) is 10.1 Å². The summed E-state index contributed by atoms with van der Waals surface area (Å²) in [6, 6.07) is 14.0. The van der Waals surface area contributed by atoms with Crippen LogP contribution >= 0.6 is 0 Å². The van der Waals surface area contributed by atoms with E-state index in [4.69, 9.17) is 0 Å². The molecule has 0 bridgehead atoms. The van der Waals surface area contributed by atoms with Crippen LogP contribution in [-0.4, -0.2) is 10.0 Å². The Morgan fingerprint density at radius 1 is 1.00 bits per heavy atom. The fraction of sp³-hybridized carbons (Fsp3) is 0.200. The highest BCUT2D eigenvalue weighted by Gasteiger charge is 2.32. The molecule has 0 saturated carbocycles. The summed E-state index contributed by atoms with van der Waals surface area (Å²) in [7, 11) is 0. The Labute approximate surface area is 137 Å². The van der Waals surface area contributed by atoms with Gasteiger partial charge in [0.2, 0.25) is 0 Å². The van der Waals surface area contributed by atoms with Crippen molar-refractivity contribution in [3.05, 3.63) is 63.7 Å². The van der Waals surface area contributed by atoms with E-state index in [2.05, 4.69) is 12.1 Å². The van der Waals surface area contributed by atoms with Crippen molar-refractivity contribution in [1.82, 2.24) is 0 Å². The van der Waals surface area contributed by atoms with Gasteiger partial charge in [-0.25, -0.2) is 0 Å². The van der Waals surface area contributed by atoms with E-state index in [1.54, 1.807) is 0 Å². The Morgan fingerprint density at radius 3 is 2.42 bits per heavy atom. The number of nitrogens with zero attached hydrogens (tertiary/aromatic N) is 1. The van der Waals surface area contributed by atoms with E-state index in [1.807, 2.05) is 30.3 Å².